The van der Waals surface area contributed by atoms with E-state index >= 15 is 0 Å². The van der Waals surface area contributed by atoms with E-state index in [1.165, 1.54) is 57.8 Å². The van der Waals surface area contributed by atoms with Gasteiger partial charge in [-0.05, 0) is 105 Å². The number of ketones is 1. The van der Waals surface area contributed by atoms with E-state index in [1.54, 1.807) is 12.5 Å². The molecule has 4 rings (SSSR count). The van der Waals surface area contributed by atoms with Crippen LogP contribution >= 0.6 is 0 Å². The van der Waals surface area contributed by atoms with Gasteiger partial charge in [-0.1, -0.05) is 65.5 Å². The molecule has 0 heterocycles. The van der Waals surface area contributed by atoms with E-state index in [1.807, 2.05) is 0 Å². The molecule has 2 heteroatoms. The van der Waals surface area contributed by atoms with Gasteiger partial charge in [0.15, 0.2) is 5.78 Å². The van der Waals surface area contributed by atoms with Crippen molar-refractivity contribution in [2.45, 2.75) is 118 Å². The highest BCUT2D eigenvalue weighted by Crippen LogP contribution is 2.67. The lowest BCUT2D eigenvalue weighted by atomic mass is 9.47. The van der Waals surface area contributed by atoms with Crippen LogP contribution in [-0.4, -0.2) is 18.5 Å². The second-order valence-electron chi connectivity index (χ2n) is 13.2. The molecule has 0 radical (unpaired) electrons. The molecule has 0 aromatic rings. The van der Waals surface area contributed by atoms with Crippen molar-refractivity contribution in [1.29, 1.82) is 0 Å². The standard InChI is InChI=1S/C30H50O2/c1-20(2)8-7-9-21(3)26-12-13-27-25-11-10-23-18-24(32-19-22(4)31)14-16-29(23,5)28(25)15-17-30(26,27)6/h10,20-21,24-28H,7-9,11-19H2,1-6H3/t21-,24+,25?,26-,27?,28?,29+,30-/m1/s1. The number of fused-ring (bicyclic) bond motifs is 5. The highest BCUT2D eigenvalue weighted by atomic mass is 16.5. The first kappa shape index (κ1) is 24.5. The third-order valence-electron chi connectivity index (χ3n) is 10.8. The Morgan fingerprint density at radius 1 is 1.06 bits per heavy atom. The zero-order valence-corrected chi connectivity index (χ0v) is 21.9. The quantitative estimate of drug-likeness (QED) is 0.356. The van der Waals surface area contributed by atoms with Gasteiger partial charge >= 0.3 is 0 Å². The fourth-order valence-corrected chi connectivity index (χ4v) is 9.03. The van der Waals surface area contributed by atoms with Crippen molar-refractivity contribution in [3.8, 4) is 0 Å². The van der Waals surface area contributed by atoms with Gasteiger partial charge in [0, 0.05) is 0 Å². The van der Waals surface area contributed by atoms with E-state index in [9.17, 15) is 4.79 Å². The number of carbonyl (C=O) groups is 1. The molecule has 32 heavy (non-hydrogen) atoms. The summed E-state index contributed by atoms with van der Waals surface area (Å²) in [7, 11) is 0. The molecule has 0 aliphatic heterocycles. The van der Waals surface area contributed by atoms with Gasteiger partial charge in [0.2, 0.25) is 0 Å². The van der Waals surface area contributed by atoms with Crippen LogP contribution in [0, 0.1) is 46.3 Å². The largest absolute Gasteiger partial charge is 0.370 e. The monoisotopic (exact) mass is 442 g/mol. The Bertz CT molecular complexity index is 708. The lowest BCUT2D eigenvalue weighted by Crippen LogP contribution is -2.51. The minimum Gasteiger partial charge on any atom is -0.370 e. The molecule has 0 saturated heterocycles. The molecule has 0 amide bonds. The maximum Gasteiger partial charge on any atom is 0.155 e. The molecule has 0 aromatic carbocycles. The van der Waals surface area contributed by atoms with Crippen molar-refractivity contribution in [2.24, 2.45) is 46.3 Å². The van der Waals surface area contributed by atoms with Crippen molar-refractivity contribution < 1.29 is 9.53 Å². The van der Waals surface area contributed by atoms with Gasteiger partial charge in [-0.2, -0.15) is 0 Å². The molecule has 2 nitrogen and oxygen atoms in total. The van der Waals surface area contributed by atoms with Crippen LogP contribution in [-0.2, 0) is 9.53 Å². The molecule has 0 spiro atoms. The lowest BCUT2D eigenvalue weighted by molar-refractivity contribution is -0.124. The zero-order chi connectivity index (χ0) is 23.1. The third kappa shape index (κ3) is 4.51. The predicted octanol–water partition coefficient (Wildman–Crippen LogP) is 8.00. The summed E-state index contributed by atoms with van der Waals surface area (Å²) in [5.74, 6) is 5.51. The van der Waals surface area contributed by atoms with E-state index in [0.717, 1.165) is 48.3 Å². The van der Waals surface area contributed by atoms with Crippen LogP contribution in [0.25, 0.3) is 0 Å². The van der Waals surface area contributed by atoms with Gasteiger partial charge in [0.25, 0.3) is 0 Å². The first-order chi connectivity index (χ1) is 15.1. The van der Waals surface area contributed by atoms with Gasteiger partial charge in [-0.25, -0.2) is 0 Å². The fraction of sp³-hybridized carbons (Fsp3) is 0.900. The molecule has 0 N–H and O–H groups in total. The number of ether oxygens (including phenoxy) is 1. The van der Waals surface area contributed by atoms with Crippen LogP contribution in [0.4, 0.5) is 0 Å². The van der Waals surface area contributed by atoms with Gasteiger partial charge in [-0.3, -0.25) is 4.79 Å². The minimum atomic E-state index is 0.150. The Kier molecular flexibility index (Phi) is 7.31. The fourth-order valence-electron chi connectivity index (χ4n) is 9.03. The Labute approximate surface area is 198 Å². The van der Waals surface area contributed by atoms with E-state index in [2.05, 4.69) is 40.7 Å². The average molecular weight is 443 g/mol. The summed E-state index contributed by atoms with van der Waals surface area (Å²) in [5.41, 5.74) is 2.61. The summed E-state index contributed by atoms with van der Waals surface area (Å²) in [6.45, 7) is 14.5. The molecular formula is C30H50O2. The second kappa shape index (κ2) is 9.55. The van der Waals surface area contributed by atoms with E-state index in [-0.39, 0.29) is 18.5 Å². The molecule has 182 valence electrons. The highest BCUT2D eigenvalue weighted by Gasteiger charge is 2.59. The summed E-state index contributed by atoms with van der Waals surface area (Å²) < 4.78 is 5.96. The maximum atomic E-state index is 11.4. The van der Waals surface area contributed by atoms with Crippen molar-refractivity contribution in [2.75, 3.05) is 6.61 Å². The molecular weight excluding hydrogens is 392 g/mol. The normalized spacial score (nSPS) is 42.1. The summed E-state index contributed by atoms with van der Waals surface area (Å²) in [6.07, 6.45) is 17.7. The van der Waals surface area contributed by atoms with Crippen LogP contribution in [0.15, 0.2) is 11.6 Å². The van der Waals surface area contributed by atoms with Crippen LogP contribution in [0.5, 0.6) is 0 Å². The summed E-state index contributed by atoms with van der Waals surface area (Å²) in [6, 6.07) is 0. The number of rotatable bonds is 8. The molecule has 3 unspecified atom stereocenters. The second-order valence-corrected chi connectivity index (χ2v) is 13.2. The highest BCUT2D eigenvalue weighted by molar-refractivity contribution is 5.76. The molecule has 4 aliphatic carbocycles. The van der Waals surface area contributed by atoms with Crippen LogP contribution in [0.2, 0.25) is 0 Å². The van der Waals surface area contributed by atoms with Crippen LogP contribution in [0.1, 0.15) is 112 Å². The van der Waals surface area contributed by atoms with Crippen molar-refractivity contribution in [3.05, 3.63) is 11.6 Å². The van der Waals surface area contributed by atoms with Crippen molar-refractivity contribution in [3.63, 3.8) is 0 Å². The van der Waals surface area contributed by atoms with Crippen LogP contribution in [0.3, 0.4) is 0 Å². The number of carbonyl (C=O) groups excluding carboxylic acids is 1. The summed E-state index contributed by atoms with van der Waals surface area (Å²) in [5, 5.41) is 0. The average Bonchev–Trinajstić information content (AvgIpc) is 3.09. The lowest BCUT2D eigenvalue weighted by Gasteiger charge is -2.58. The van der Waals surface area contributed by atoms with E-state index in [4.69, 9.17) is 4.74 Å². The Hall–Kier alpha value is -0.630. The van der Waals surface area contributed by atoms with Gasteiger partial charge in [-0.15, -0.1) is 0 Å². The first-order valence-corrected chi connectivity index (χ1v) is 14.0. The van der Waals surface area contributed by atoms with Crippen molar-refractivity contribution >= 4 is 5.78 Å². The SMILES string of the molecule is CC(=O)CO[C@H]1CC[C@@]2(C)C(=CCC3C2CC[C@@]2(C)C3CC[C@@H]2[C@H](C)CCCC(C)C)C1. The maximum absolute atomic E-state index is 11.4. The molecule has 8 atom stereocenters. The smallest absolute Gasteiger partial charge is 0.155 e. The Morgan fingerprint density at radius 2 is 1.84 bits per heavy atom. The van der Waals surface area contributed by atoms with Gasteiger partial charge in [0.1, 0.15) is 6.61 Å². The van der Waals surface area contributed by atoms with E-state index < -0.39 is 0 Å². The topological polar surface area (TPSA) is 26.3 Å². The number of Topliss-reactive ketones (excluding diaryl/α,β-unsaturated/α-hetero) is 1. The number of allylic oxidation sites excluding steroid dienone is 1. The van der Waals surface area contributed by atoms with Crippen molar-refractivity contribution in [1.82, 2.24) is 0 Å². The summed E-state index contributed by atoms with van der Waals surface area (Å²) >= 11 is 0. The Balaban J connectivity index is 1.44. The first-order valence-electron chi connectivity index (χ1n) is 14.0. The minimum absolute atomic E-state index is 0.150. The summed E-state index contributed by atoms with van der Waals surface area (Å²) in [4.78, 5) is 11.4. The molecule has 0 aromatic heterocycles. The molecule has 0 bridgehead atoms. The number of hydrogen-bond acceptors (Lipinski definition) is 2. The van der Waals surface area contributed by atoms with Gasteiger partial charge in [0.05, 0.1) is 6.10 Å². The molecule has 3 saturated carbocycles. The molecule has 3 fully saturated rings. The zero-order valence-electron chi connectivity index (χ0n) is 21.9. The Morgan fingerprint density at radius 3 is 2.56 bits per heavy atom. The third-order valence-corrected chi connectivity index (χ3v) is 10.8. The van der Waals surface area contributed by atoms with E-state index in [0.29, 0.717) is 10.8 Å². The molecule has 4 aliphatic rings. The van der Waals surface area contributed by atoms with Gasteiger partial charge < -0.3 is 4.74 Å². The van der Waals surface area contributed by atoms with Crippen LogP contribution < -0.4 is 0 Å². The predicted molar refractivity (Wildman–Crippen MR) is 133 cm³/mol. The number of hydrogen-bond donors (Lipinski definition) is 0.